The summed E-state index contributed by atoms with van der Waals surface area (Å²) >= 11 is 6.08. The zero-order chi connectivity index (χ0) is 25.9. The number of halogens is 2. The van der Waals surface area contributed by atoms with Gasteiger partial charge in [0.15, 0.2) is 0 Å². The van der Waals surface area contributed by atoms with E-state index in [0.29, 0.717) is 34.0 Å². The Kier molecular flexibility index (Phi) is 7.22. The second-order valence-corrected chi connectivity index (χ2v) is 10.1. The number of aryl methyl sites for hydroxylation is 1. The molecule has 0 aliphatic carbocycles. The van der Waals surface area contributed by atoms with Crippen LogP contribution in [-0.2, 0) is 23.7 Å². The lowest BCUT2D eigenvalue weighted by atomic mass is 10.2. The van der Waals surface area contributed by atoms with Crippen LogP contribution in [0.4, 0.5) is 15.8 Å². The van der Waals surface area contributed by atoms with E-state index in [1.807, 2.05) is 0 Å². The Morgan fingerprint density at radius 1 is 1.17 bits per heavy atom. The highest BCUT2D eigenvalue weighted by Crippen LogP contribution is 2.30. The third-order valence-electron chi connectivity index (χ3n) is 4.90. The van der Waals surface area contributed by atoms with Gasteiger partial charge >= 0.3 is 0 Å². The van der Waals surface area contributed by atoms with Crippen LogP contribution >= 0.6 is 11.6 Å². The van der Waals surface area contributed by atoms with E-state index in [-0.39, 0.29) is 17.3 Å². The lowest BCUT2D eigenvalue weighted by Crippen LogP contribution is -2.13. The number of pyridine rings is 2. The molecule has 3 heterocycles. The van der Waals surface area contributed by atoms with Crippen LogP contribution in [0.25, 0.3) is 11.4 Å². The Labute approximate surface area is 212 Å². The molecule has 0 bridgehead atoms. The Morgan fingerprint density at radius 3 is 2.69 bits per heavy atom. The van der Waals surface area contributed by atoms with Crippen molar-refractivity contribution in [3.8, 4) is 17.1 Å². The number of ether oxygens (including phenoxy) is 1. The van der Waals surface area contributed by atoms with Crippen molar-refractivity contribution in [1.29, 1.82) is 0 Å². The maximum atomic E-state index is 13.4. The molecule has 0 radical (unpaired) electrons. The molecule has 12 heteroatoms. The Morgan fingerprint density at radius 2 is 1.94 bits per heavy atom. The van der Waals surface area contributed by atoms with Crippen molar-refractivity contribution in [1.82, 2.24) is 14.5 Å². The van der Waals surface area contributed by atoms with Gasteiger partial charge in [0.25, 0.3) is 5.91 Å². The van der Waals surface area contributed by atoms with Crippen LogP contribution in [-0.4, -0.2) is 35.1 Å². The lowest BCUT2D eigenvalue weighted by Gasteiger charge is -2.11. The molecular formula is C24H21ClFN5O4S. The van der Waals surface area contributed by atoms with Crippen LogP contribution in [0.5, 0.6) is 5.75 Å². The van der Waals surface area contributed by atoms with Gasteiger partial charge in [-0.1, -0.05) is 11.6 Å². The first-order valence-electron chi connectivity index (χ1n) is 10.5. The fraction of sp³-hybridized carbons (Fsp3) is 0.125. The smallest absolute Gasteiger partial charge is 0.257 e. The molecule has 4 rings (SSSR count). The van der Waals surface area contributed by atoms with Gasteiger partial charge in [-0.2, -0.15) is 0 Å². The van der Waals surface area contributed by atoms with Crippen molar-refractivity contribution < 1.29 is 22.3 Å². The molecular weight excluding hydrogens is 509 g/mol. The van der Waals surface area contributed by atoms with E-state index in [1.54, 1.807) is 42.2 Å². The van der Waals surface area contributed by atoms with Crippen LogP contribution in [0.15, 0.2) is 67.3 Å². The molecule has 9 nitrogen and oxygen atoms in total. The molecule has 0 fully saturated rings. The van der Waals surface area contributed by atoms with E-state index < -0.39 is 21.7 Å². The number of rotatable bonds is 8. The van der Waals surface area contributed by atoms with Gasteiger partial charge in [-0.25, -0.2) is 12.8 Å². The average molecular weight is 530 g/mol. The first kappa shape index (κ1) is 25.1. The summed E-state index contributed by atoms with van der Waals surface area (Å²) in [5, 5.41) is 2.96. The topological polar surface area (TPSA) is 115 Å². The van der Waals surface area contributed by atoms with Gasteiger partial charge in [0.05, 0.1) is 29.4 Å². The number of sulfonamides is 1. The molecule has 1 amide bonds. The van der Waals surface area contributed by atoms with Gasteiger partial charge in [0.2, 0.25) is 10.0 Å². The van der Waals surface area contributed by atoms with E-state index in [0.717, 1.165) is 12.5 Å². The normalized spacial score (nSPS) is 11.2. The van der Waals surface area contributed by atoms with E-state index in [9.17, 15) is 17.6 Å². The molecule has 0 saturated carbocycles. The highest BCUT2D eigenvalue weighted by Gasteiger charge is 2.17. The predicted octanol–water partition coefficient (Wildman–Crippen LogP) is 4.48. The molecule has 186 valence electrons. The van der Waals surface area contributed by atoms with Crippen LogP contribution < -0.4 is 14.8 Å². The van der Waals surface area contributed by atoms with Crippen molar-refractivity contribution in [2.24, 2.45) is 7.05 Å². The summed E-state index contributed by atoms with van der Waals surface area (Å²) in [5.74, 6) is -0.450. The number of hydrogen-bond donors (Lipinski definition) is 2. The molecule has 0 atom stereocenters. The van der Waals surface area contributed by atoms with Gasteiger partial charge in [-0.3, -0.25) is 19.5 Å². The molecule has 4 aromatic rings. The van der Waals surface area contributed by atoms with Crippen LogP contribution in [0.2, 0.25) is 5.02 Å². The molecule has 36 heavy (non-hydrogen) atoms. The molecule has 1 aromatic carbocycles. The van der Waals surface area contributed by atoms with Gasteiger partial charge < -0.3 is 14.6 Å². The zero-order valence-corrected chi connectivity index (χ0v) is 20.8. The summed E-state index contributed by atoms with van der Waals surface area (Å²) in [7, 11) is -1.76. The second kappa shape index (κ2) is 10.3. The molecule has 0 saturated heterocycles. The summed E-state index contributed by atoms with van der Waals surface area (Å²) in [4.78, 5) is 21.2. The molecule has 3 aromatic heterocycles. The van der Waals surface area contributed by atoms with Crippen molar-refractivity contribution in [2.45, 2.75) is 6.61 Å². The molecule has 0 aliphatic heterocycles. The largest absolute Gasteiger partial charge is 0.486 e. The van der Waals surface area contributed by atoms with Crippen molar-refractivity contribution in [3.63, 3.8) is 0 Å². The van der Waals surface area contributed by atoms with Crippen LogP contribution in [0, 0.1) is 5.82 Å². The van der Waals surface area contributed by atoms with Gasteiger partial charge in [0, 0.05) is 41.9 Å². The van der Waals surface area contributed by atoms with Crippen LogP contribution in [0.3, 0.4) is 0 Å². The number of benzene rings is 1. The number of carbonyl (C=O) groups excluding carboxylic acids is 1. The summed E-state index contributed by atoms with van der Waals surface area (Å²) in [6, 6.07) is 10.8. The minimum Gasteiger partial charge on any atom is -0.486 e. The third-order valence-corrected chi connectivity index (χ3v) is 5.72. The van der Waals surface area contributed by atoms with Crippen molar-refractivity contribution in [3.05, 3.63) is 89.2 Å². The SMILES string of the molecule is Cn1cc(C(=O)Nc2cc(Cl)cc(NS(C)(=O)=O)c2)cc1-c1ncccc1OCc1cncc(F)c1. The summed E-state index contributed by atoms with van der Waals surface area (Å²) in [6.45, 7) is 0.0832. The minimum atomic E-state index is -3.52. The number of nitrogens with zero attached hydrogens (tertiary/aromatic N) is 3. The second-order valence-electron chi connectivity index (χ2n) is 7.93. The first-order chi connectivity index (χ1) is 17.1. The Hall–Kier alpha value is -3.96. The van der Waals surface area contributed by atoms with E-state index in [2.05, 4.69) is 20.0 Å². The number of anilines is 2. The number of amides is 1. The first-order valence-corrected chi connectivity index (χ1v) is 12.8. The fourth-order valence-corrected chi connectivity index (χ4v) is 4.24. The predicted molar refractivity (Wildman–Crippen MR) is 135 cm³/mol. The monoisotopic (exact) mass is 529 g/mol. The zero-order valence-electron chi connectivity index (χ0n) is 19.2. The summed E-state index contributed by atoms with van der Waals surface area (Å²) < 4.78 is 46.4. The number of hydrogen-bond acceptors (Lipinski definition) is 6. The van der Waals surface area contributed by atoms with E-state index in [1.165, 1.54) is 30.5 Å². The van der Waals surface area contributed by atoms with Gasteiger partial charge in [0.1, 0.15) is 23.9 Å². The molecule has 0 aliphatic rings. The Balaban J connectivity index is 1.55. The Bertz CT molecular complexity index is 1540. The van der Waals surface area contributed by atoms with Crippen LogP contribution in [0.1, 0.15) is 15.9 Å². The molecule has 0 unspecified atom stereocenters. The highest BCUT2D eigenvalue weighted by molar-refractivity contribution is 7.92. The summed E-state index contributed by atoms with van der Waals surface area (Å²) in [5.41, 5.74) is 2.52. The standard InChI is InChI=1S/C24H21ClFN5O4S/c1-31-13-16(24(32)29-19-8-17(25)9-20(10-19)30-36(2,33)34)7-21(31)23-22(4-3-5-28-23)35-14-15-6-18(26)12-27-11-15/h3-13,30H,14H2,1-2H3,(H,29,32). The molecule has 0 spiro atoms. The van der Waals surface area contributed by atoms with Gasteiger partial charge in [-0.15, -0.1) is 0 Å². The minimum absolute atomic E-state index is 0.0832. The van der Waals surface area contributed by atoms with Crippen molar-refractivity contribution >= 4 is 38.9 Å². The number of aromatic nitrogens is 3. The van der Waals surface area contributed by atoms with E-state index in [4.69, 9.17) is 16.3 Å². The highest BCUT2D eigenvalue weighted by atomic mass is 35.5. The lowest BCUT2D eigenvalue weighted by molar-refractivity contribution is 0.102. The number of carbonyl (C=O) groups is 1. The fourth-order valence-electron chi connectivity index (χ4n) is 3.46. The quantitative estimate of drug-likeness (QED) is 0.348. The third kappa shape index (κ3) is 6.37. The average Bonchev–Trinajstić information content (AvgIpc) is 3.18. The maximum absolute atomic E-state index is 13.4. The van der Waals surface area contributed by atoms with E-state index >= 15 is 0 Å². The van der Waals surface area contributed by atoms with Crippen molar-refractivity contribution in [2.75, 3.05) is 16.3 Å². The molecule has 2 N–H and O–H groups in total. The number of nitrogens with one attached hydrogen (secondary N) is 2. The summed E-state index contributed by atoms with van der Waals surface area (Å²) in [6.07, 6.45) is 6.86. The maximum Gasteiger partial charge on any atom is 0.257 e. The van der Waals surface area contributed by atoms with Gasteiger partial charge in [-0.05, 0) is 42.5 Å².